The number of carbonyl (C=O) groups is 2. The third kappa shape index (κ3) is 8.41. The highest BCUT2D eigenvalue weighted by Crippen LogP contribution is 2.26. The predicted octanol–water partition coefficient (Wildman–Crippen LogP) is 5.73. The van der Waals surface area contributed by atoms with E-state index < -0.39 is 18.1 Å². The Morgan fingerprint density at radius 1 is 1.02 bits per heavy atom. The van der Waals surface area contributed by atoms with Crippen LogP contribution in [0.5, 0.6) is 0 Å². The normalized spacial score (nSPS) is 11.0. The van der Waals surface area contributed by atoms with E-state index in [2.05, 4.69) is 10.3 Å². The topological polar surface area (TPSA) is 113 Å². The predicted molar refractivity (Wildman–Crippen MR) is 144 cm³/mol. The van der Waals surface area contributed by atoms with Gasteiger partial charge in [-0.3, -0.25) is 10.2 Å². The Kier molecular flexibility index (Phi) is 9.95. The fourth-order valence-corrected chi connectivity index (χ4v) is 4.01. The van der Waals surface area contributed by atoms with E-state index in [9.17, 15) is 22.4 Å². The highest BCUT2D eigenvalue weighted by Gasteiger charge is 2.38. The smallest absolute Gasteiger partial charge is 0.475 e. The molecule has 0 fully saturated rings. The zero-order valence-corrected chi connectivity index (χ0v) is 23.1. The number of nitrogens with zero attached hydrogens (tertiary/aromatic N) is 3. The molecule has 0 saturated carbocycles. The van der Waals surface area contributed by atoms with E-state index in [4.69, 9.17) is 38.5 Å². The molecule has 0 spiro atoms. The van der Waals surface area contributed by atoms with Gasteiger partial charge in [0.2, 0.25) is 11.6 Å². The minimum atomic E-state index is -5.08. The van der Waals surface area contributed by atoms with E-state index in [-0.39, 0.29) is 12.5 Å². The Morgan fingerprint density at radius 3 is 2.27 bits per heavy atom. The number of hydrogen-bond acceptors (Lipinski definition) is 4. The van der Waals surface area contributed by atoms with Gasteiger partial charge in [-0.2, -0.15) is 17.6 Å². The summed E-state index contributed by atoms with van der Waals surface area (Å²) in [5.41, 5.74) is 4.40. The Bertz CT molecular complexity index is 1650. The molecule has 4 aromatic rings. The van der Waals surface area contributed by atoms with Crippen molar-refractivity contribution in [2.45, 2.75) is 26.2 Å². The van der Waals surface area contributed by atoms with Crippen LogP contribution in [0.15, 0.2) is 60.9 Å². The van der Waals surface area contributed by atoms with Crippen molar-refractivity contribution in [3.63, 3.8) is 0 Å². The molecule has 41 heavy (non-hydrogen) atoms. The minimum absolute atomic E-state index is 0.272. The number of carboxylic acid groups (broad SMARTS) is 1. The highest BCUT2D eigenvalue weighted by atomic mass is 35.5. The molecule has 0 aliphatic carbocycles. The van der Waals surface area contributed by atoms with Crippen molar-refractivity contribution in [3.05, 3.63) is 105 Å². The molecule has 3 N–H and O–H groups in total. The van der Waals surface area contributed by atoms with Gasteiger partial charge in [-0.25, -0.2) is 9.78 Å². The van der Waals surface area contributed by atoms with Crippen LogP contribution in [0, 0.1) is 18.3 Å². The Labute approximate surface area is 241 Å². The molecule has 216 valence electrons. The third-order valence-electron chi connectivity index (χ3n) is 5.73. The summed E-state index contributed by atoms with van der Waals surface area (Å²) in [6, 6.07) is 13.6. The van der Waals surface area contributed by atoms with Crippen molar-refractivity contribution in [1.82, 2.24) is 19.4 Å². The molecule has 0 saturated heterocycles. The summed E-state index contributed by atoms with van der Waals surface area (Å²) < 4.78 is 48.8. The van der Waals surface area contributed by atoms with Gasteiger partial charge in [0.1, 0.15) is 0 Å². The molecular weight excluding hydrogens is 589 g/mol. The Balaban J connectivity index is 0.000000587. The Hall–Kier alpha value is -4.16. The quantitative estimate of drug-likeness (QED) is 0.191. The summed E-state index contributed by atoms with van der Waals surface area (Å²) in [5.74, 6) is -3.59. The first kappa shape index (κ1) is 31.4. The molecule has 2 aromatic carbocycles. The number of aryl methyl sites for hydroxylation is 2. The van der Waals surface area contributed by atoms with E-state index in [1.807, 2.05) is 12.3 Å². The van der Waals surface area contributed by atoms with Crippen LogP contribution in [0.2, 0.25) is 10.0 Å². The lowest BCUT2D eigenvalue weighted by atomic mass is 9.98. The van der Waals surface area contributed by atoms with Gasteiger partial charge in [0.15, 0.2) is 0 Å². The molecular formula is C27H23Cl2F4N5O3. The number of amides is 1. The number of hydrogen-bond donors (Lipinski definition) is 3. The number of aromatic nitrogens is 3. The van der Waals surface area contributed by atoms with Crippen molar-refractivity contribution in [2.24, 2.45) is 7.05 Å². The molecule has 2 aromatic heterocycles. The molecule has 4 rings (SSSR count). The van der Waals surface area contributed by atoms with Crippen molar-refractivity contribution < 1.29 is 32.3 Å². The Morgan fingerprint density at radius 2 is 1.71 bits per heavy atom. The number of benzene rings is 2. The van der Waals surface area contributed by atoms with Gasteiger partial charge in [-0.05, 0) is 66.1 Å². The summed E-state index contributed by atoms with van der Waals surface area (Å²) >= 11 is 12.0. The van der Waals surface area contributed by atoms with Crippen LogP contribution in [-0.4, -0.2) is 37.3 Å². The number of aliphatic carboxylic acids is 1. The maximum Gasteiger partial charge on any atom is 0.490 e. The van der Waals surface area contributed by atoms with Gasteiger partial charge < -0.3 is 19.6 Å². The van der Waals surface area contributed by atoms with Crippen molar-refractivity contribution in [3.8, 4) is 11.1 Å². The van der Waals surface area contributed by atoms with E-state index in [0.717, 1.165) is 22.3 Å². The van der Waals surface area contributed by atoms with Gasteiger partial charge in [-0.1, -0.05) is 29.3 Å². The number of carboxylic acids is 1. The summed E-state index contributed by atoms with van der Waals surface area (Å²) in [6.45, 7) is 2.40. The second-order valence-corrected chi connectivity index (χ2v) is 9.59. The van der Waals surface area contributed by atoms with Crippen LogP contribution < -0.4 is 10.9 Å². The number of pyridine rings is 1. The molecule has 14 heteroatoms. The van der Waals surface area contributed by atoms with Gasteiger partial charge in [-0.15, -0.1) is 0 Å². The first-order chi connectivity index (χ1) is 19.1. The van der Waals surface area contributed by atoms with Gasteiger partial charge >= 0.3 is 12.1 Å². The molecule has 2 heterocycles. The van der Waals surface area contributed by atoms with Gasteiger partial charge in [0, 0.05) is 42.8 Å². The standard InChI is InChI=1S/C25H22Cl2FN5O.C2HF3O2/c1-15-20(4-6-23(28)31-15)18-9-17(14-33-8-7-32(2)25(33)29)10-19(12-18)24(34)30-13-16-3-5-21(26)22(27)11-16;3-2(4,5)1(6)7/h3-12,29H,13-14H2,1-2H3,(H,30,34);(H,6,7). The number of carbonyl (C=O) groups excluding carboxylic acids is 1. The number of imidazole rings is 1. The maximum absolute atomic E-state index is 13.6. The lowest BCUT2D eigenvalue weighted by Crippen LogP contribution is -2.24. The van der Waals surface area contributed by atoms with E-state index in [1.165, 1.54) is 6.07 Å². The van der Waals surface area contributed by atoms with Gasteiger partial charge in [0.25, 0.3) is 5.91 Å². The average molecular weight is 612 g/mol. The van der Waals surface area contributed by atoms with Crippen LogP contribution in [0.3, 0.4) is 0 Å². The second kappa shape index (κ2) is 13.0. The van der Waals surface area contributed by atoms with Crippen LogP contribution in [-0.2, 0) is 24.9 Å². The zero-order valence-electron chi connectivity index (χ0n) is 21.6. The third-order valence-corrected chi connectivity index (χ3v) is 6.47. The number of nitrogens with one attached hydrogen (secondary N) is 2. The highest BCUT2D eigenvalue weighted by molar-refractivity contribution is 6.42. The molecule has 8 nitrogen and oxygen atoms in total. The number of alkyl halides is 3. The minimum Gasteiger partial charge on any atom is -0.475 e. The number of halogens is 6. The molecule has 0 radical (unpaired) electrons. The van der Waals surface area contributed by atoms with Crippen molar-refractivity contribution >= 4 is 35.1 Å². The first-order valence-corrected chi connectivity index (χ1v) is 12.5. The van der Waals surface area contributed by atoms with Crippen molar-refractivity contribution in [1.29, 1.82) is 5.41 Å². The fraction of sp³-hybridized carbons (Fsp3) is 0.185. The van der Waals surface area contributed by atoms with Crippen LogP contribution >= 0.6 is 23.2 Å². The molecule has 0 bridgehead atoms. The first-order valence-electron chi connectivity index (χ1n) is 11.7. The lowest BCUT2D eigenvalue weighted by molar-refractivity contribution is -0.192. The second-order valence-electron chi connectivity index (χ2n) is 8.78. The fourth-order valence-electron chi connectivity index (χ4n) is 3.69. The zero-order chi connectivity index (χ0) is 30.5. The number of rotatable bonds is 6. The van der Waals surface area contributed by atoms with E-state index in [0.29, 0.717) is 33.5 Å². The van der Waals surface area contributed by atoms with Crippen molar-refractivity contribution in [2.75, 3.05) is 0 Å². The maximum atomic E-state index is 13.6. The monoisotopic (exact) mass is 611 g/mol. The molecule has 1 amide bonds. The van der Waals surface area contributed by atoms with Crippen LogP contribution in [0.4, 0.5) is 17.6 Å². The van der Waals surface area contributed by atoms with E-state index in [1.54, 1.807) is 65.7 Å². The molecule has 0 unspecified atom stereocenters. The average Bonchev–Trinajstić information content (AvgIpc) is 3.21. The molecule has 0 aliphatic rings. The summed E-state index contributed by atoms with van der Waals surface area (Å²) in [4.78, 5) is 25.9. The summed E-state index contributed by atoms with van der Waals surface area (Å²) in [7, 11) is 1.80. The van der Waals surface area contributed by atoms with Crippen LogP contribution in [0.25, 0.3) is 11.1 Å². The lowest BCUT2D eigenvalue weighted by Gasteiger charge is -2.13. The SMILES string of the molecule is Cc1nc(F)ccc1-c1cc(Cn2ccn(C)c2=N)cc(C(=O)NCc2ccc(Cl)c(Cl)c2)c1.O=C(O)C(F)(F)F. The summed E-state index contributed by atoms with van der Waals surface area (Å²) in [6.07, 6.45) is -1.48. The van der Waals surface area contributed by atoms with Gasteiger partial charge in [0.05, 0.1) is 16.6 Å². The van der Waals surface area contributed by atoms with Crippen LogP contribution in [0.1, 0.15) is 27.2 Å². The molecule has 0 atom stereocenters. The van der Waals surface area contributed by atoms with E-state index >= 15 is 0 Å². The largest absolute Gasteiger partial charge is 0.490 e. The summed E-state index contributed by atoms with van der Waals surface area (Å²) in [5, 5.41) is 19.1. The molecule has 0 aliphatic heterocycles.